The van der Waals surface area contributed by atoms with Crippen LogP contribution in [-0.2, 0) is 4.79 Å². The van der Waals surface area contributed by atoms with Crippen LogP contribution in [0.25, 0.3) is 11.3 Å². The second-order valence-corrected chi connectivity index (χ2v) is 9.35. The molecular weight excluding hydrogens is 464 g/mol. The van der Waals surface area contributed by atoms with E-state index in [2.05, 4.69) is 11.9 Å². The first kappa shape index (κ1) is 24.8. The number of methoxy groups -OCH3 is 2. The van der Waals surface area contributed by atoms with E-state index in [4.69, 9.17) is 14.6 Å². The molecule has 3 aromatic rings. The second kappa shape index (κ2) is 10.9. The molecule has 0 saturated carbocycles. The zero-order chi connectivity index (χ0) is 24.9. The van der Waals surface area contributed by atoms with E-state index >= 15 is 0 Å². The Labute approximate surface area is 209 Å². The van der Waals surface area contributed by atoms with Gasteiger partial charge in [0.25, 0.3) is 17.0 Å². The van der Waals surface area contributed by atoms with Crippen molar-refractivity contribution >= 4 is 23.4 Å². The molecule has 1 atom stereocenters. The lowest BCUT2D eigenvalue weighted by molar-refractivity contribution is -0.764. The third-order valence-corrected chi connectivity index (χ3v) is 6.92. The number of hydrogen-bond acceptors (Lipinski definition) is 7. The minimum atomic E-state index is -0.752. The molecule has 35 heavy (non-hydrogen) atoms. The molecule has 8 nitrogen and oxygen atoms in total. The number of carbonyl (C=O) groups excluding carboxylic acids is 1. The third kappa shape index (κ3) is 4.91. The summed E-state index contributed by atoms with van der Waals surface area (Å²) >= 11 is 1.46. The first-order chi connectivity index (χ1) is 17.0. The van der Waals surface area contributed by atoms with Gasteiger partial charge in [-0.3, -0.25) is 4.79 Å². The van der Waals surface area contributed by atoms with Gasteiger partial charge in [0.05, 0.1) is 36.9 Å². The monoisotopic (exact) mass is 494 g/mol. The van der Waals surface area contributed by atoms with Crippen LogP contribution in [-0.4, -0.2) is 36.0 Å². The molecule has 0 spiro atoms. The molecule has 184 valence electrons. The maximum atomic E-state index is 13.4. The van der Waals surface area contributed by atoms with Crippen molar-refractivity contribution in [2.45, 2.75) is 50.9 Å². The van der Waals surface area contributed by atoms with Crippen LogP contribution < -0.4 is 24.2 Å². The van der Waals surface area contributed by atoms with Gasteiger partial charge < -0.3 is 14.6 Å². The molecule has 0 radical (unpaired) electrons. The minimum absolute atomic E-state index is 0.190. The topological polar surface area (TPSA) is 91.5 Å². The number of hydrogen-bond donors (Lipinski definition) is 0. The molecule has 1 aromatic heterocycles. The lowest BCUT2D eigenvalue weighted by Crippen LogP contribution is -2.58. The number of nitrogens with zero attached hydrogens (tertiary/aromatic N) is 4. The van der Waals surface area contributed by atoms with Gasteiger partial charge in [0.1, 0.15) is 11.5 Å². The summed E-state index contributed by atoms with van der Waals surface area (Å²) in [6, 6.07) is 12.7. The highest BCUT2D eigenvalue weighted by molar-refractivity contribution is 7.99. The molecule has 0 bridgehead atoms. The summed E-state index contributed by atoms with van der Waals surface area (Å²) in [5.74, 6) is 1.41. The summed E-state index contributed by atoms with van der Waals surface area (Å²) in [4.78, 5) is 19.0. The Kier molecular flexibility index (Phi) is 7.75. The number of fused-ring (bicyclic) bond motifs is 3. The van der Waals surface area contributed by atoms with Crippen molar-refractivity contribution in [3.8, 4) is 28.6 Å². The highest BCUT2D eigenvalue weighted by Gasteiger charge is 2.45. The number of anilines is 1. The highest BCUT2D eigenvalue weighted by Crippen LogP contribution is 2.43. The van der Waals surface area contributed by atoms with E-state index in [1.807, 2.05) is 30.3 Å². The normalized spacial score (nSPS) is 14.3. The van der Waals surface area contributed by atoms with Crippen LogP contribution in [0, 0.1) is 0 Å². The van der Waals surface area contributed by atoms with Gasteiger partial charge in [-0.1, -0.05) is 54.8 Å². The number of thioether (sulfide) groups is 1. The first-order valence-corrected chi connectivity index (χ1v) is 12.7. The summed E-state index contributed by atoms with van der Waals surface area (Å²) < 4.78 is 12.7. The molecule has 1 unspecified atom stereocenters. The Morgan fingerprint density at radius 2 is 1.94 bits per heavy atom. The maximum absolute atomic E-state index is 13.4. The van der Waals surface area contributed by atoms with Crippen LogP contribution in [0.1, 0.15) is 51.3 Å². The summed E-state index contributed by atoms with van der Waals surface area (Å²) in [5, 5.41) is 18.6. The van der Waals surface area contributed by atoms with Crippen molar-refractivity contribution in [2.24, 2.45) is 0 Å². The summed E-state index contributed by atoms with van der Waals surface area (Å²) in [7, 11) is 3.15. The van der Waals surface area contributed by atoms with Gasteiger partial charge in [0, 0.05) is 17.8 Å². The molecule has 1 aliphatic heterocycles. The van der Waals surface area contributed by atoms with E-state index in [1.165, 1.54) is 25.1 Å². The van der Waals surface area contributed by atoms with Crippen LogP contribution >= 0.6 is 11.8 Å². The SMILES string of the molecule is CCCCCCSc1nc([O-])c2[n+](n1)C(c1cc(OC)ccc1OC)N(C(C)=O)c1ccccc1-2. The zero-order valence-electron chi connectivity index (χ0n) is 20.5. The fourth-order valence-corrected chi connectivity index (χ4v) is 5.17. The maximum Gasteiger partial charge on any atom is 0.296 e. The Morgan fingerprint density at radius 3 is 2.66 bits per heavy atom. The fraction of sp³-hybridized carbons (Fsp3) is 0.385. The molecule has 1 amide bonds. The highest BCUT2D eigenvalue weighted by atomic mass is 32.2. The van der Waals surface area contributed by atoms with Gasteiger partial charge in [-0.15, -0.1) is 0 Å². The van der Waals surface area contributed by atoms with Crippen LogP contribution in [0.5, 0.6) is 17.4 Å². The Balaban J connectivity index is 1.90. The lowest BCUT2D eigenvalue weighted by atomic mass is 10.0. The number of ether oxygens (including phenoxy) is 2. The van der Waals surface area contributed by atoms with Gasteiger partial charge >= 0.3 is 0 Å². The first-order valence-electron chi connectivity index (χ1n) is 11.7. The van der Waals surface area contributed by atoms with Crippen LogP contribution in [0.3, 0.4) is 0 Å². The molecule has 1 aliphatic rings. The Morgan fingerprint density at radius 1 is 1.14 bits per heavy atom. The predicted octanol–water partition coefficient (Wildman–Crippen LogP) is 4.11. The van der Waals surface area contributed by atoms with Crippen LogP contribution in [0.2, 0.25) is 0 Å². The van der Waals surface area contributed by atoms with Crippen molar-refractivity contribution < 1.29 is 24.1 Å². The van der Waals surface area contributed by atoms with Crippen molar-refractivity contribution in [3.63, 3.8) is 0 Å². The Hall–Kier alpha value is -3.33. The van der Waals surface area contributed by atoms with E-state index in [-0.39, 0.29) is 11.8 Å². The molecule has 2 aromatic carbocycles. The summed E-state index contributed by atoms with van der Waals surface area (Å²) in [5.41, 5.74) is 2.23. The van der Waals surface area contributed by atoms with Gasteiger partial charge in [-0.25, -0.2) is 9.88 Å². The third-order valence-electron chi connectivity index (χ3n) is 6.00. The summed E-state index contributed by atoms with van der Waals surface area (Å²) in [6.07, 6.45) is 3.73. The minimum Gasteiger partial charge on any atom is -0.854 e. The smallest absolute Gasteiger partial charge is 0.296 e. The molecule has 0 saturated heterocycles. The number of amides is 1. The number of benzene rings is 2. The number of para-hydroxylation sites is 1. The standard InChI is InChI=1S/C26H30N4O4S/c1-5-6-7-10-15-35-26-27-24(32)23-19-11-8-9-12-21(19)29(17(2)31)25(30(23)28-26)20-16-18(33-3)13-14-22(20)34-4/h8-9,11-14,16,25H,5-7,10,15H2,1-4H3. The number of unbranched alkanes of at least 4 members (excludes halogenated alkanes) is 3. The lowest BCUT2D eigenvalue weighted by Gasteiger charge is -2.33. The number of rotatable bonds is 9. The van der Waals surface area contributed by atoms with E-state index < -0.39 is 6.17 Å². The van der Waals surface area contributed by atoms with Gasteiger partial charge in [-0.2, -0.15) is 0 Å². The average molecular weight is 495 g/mol. The van der Waals surface area contributed by atoms with Crippen molar-refractivity contribution in [1.29, 1.82) is 0 Å². The van der Waals surface area contributed by atoms with E-state index in [0.29, 0.717) is 39.2 Å². The van der Waals surface area contributed by atoms with Crippen molar-refractivity contribution in [2.75, 3.05) is 24.9 Å². The van der Waals surface area contributed by atoms with E-state index in [1.54, 1.807) is 35.9 Å². The largest absolute Gasteiger partial charge is 0.854 e. The summed E-state index contributed by atoms with van der Waals surface area (Å²) in [6.45, 7) is 3.68. The molecule has 4 rings (SSSR count). The molecule has 2 heterocycles. The second-order valence-electron chi connectivity index (χ2n) is 8.29. The molecule has 9 heteroatoms. The van der Waals surface area contributed by atoms with Crippen molar-refractivity contribution in [1.82, 2.24) is 10.1 Å². The van der Waals surface area contributed by atoms with E-state index in [9.17, 15) is 9.90 Å². The van der Waals surface area contributed by atoms with Gasteiger partial charge in [0.15, 0.2) is 0 Å². The Bertz CT molecular complexity index is 1220. The number of carbonyl (C=O) groups is 1. The average Bonchev–Trinajstić information content (AvgIpc) is 2.87. The van der Waals surface area contributed by atoms with Crippen LogP contribution in [0.15, 0.2) is 47.6 Å². The fourth-order valence-electron chi connectivity index (χ4n) is 4.35. The van der Waals surface area contributed by atoms with Gasteiger partial charge in [-0.05, 0) is 36.8 Å². The molecule has 0 N–H and O–H groups in total. The van der Waals surface area contributed by atoms with Crippen LogP contribution in [0.4, 0.5) is 5.69 Å². The zero-order valence-corrected chi connectivity index (χ0v) is 21.3. The van der Waals surface area contributed by atoms with Gasteiger partial charge in [0.2, 0.25) is 5.91 Å². The quantitative estimate of drug-likeness (QED) is 0.251. The molecular formula is C26H30N4O4S. The molecule has 0 fully saturated rings. The predicted molar refractivity (Wildman–Crippen MR) is 133 cm³/mol. The number of aromatic nitrogens is 3. The van der Waals surface area contributed by atoms with Crippen molar-refractivity contribution in [3.05, 3.63) is 48.0 Å². The van der Waals surface area contributed by atoms with E-state index in [0.717, 1.165) is 25.0 Å². The molecule has 0 aliphatic carbocycles.